The number of aryl methyl sites for hydroxylation is 1. The zero-order valence-electron chi connectivity index (χ0n) is 6.94. The molecule has 3 nitrogen and oxygen atoms in total. The zero-order valence-corrected chi connectivity index (χ0v) is 7.76. The summed E-state index contributed by atoms with van der Waals surface area (Å²) in [6, 6.07) is 5.00. The van der Waals surface area contributed by atoms with Crippen LogP contribution in [0.25, 0.3) is 0 Å². The minimum atomic E-state index is -1.17. The first-order valence-corrected chi connectivity index (χ1v) is 4.45. The molecule has 0 aliphatic rings. The van der Waals surface area contributed by atoms with Gasteiger partial charge in [-0.15, -0.1) is 11.3 Å². The Morgan fingerprint density at radius 2 is 2.15 bits per heavy atom. The molecular formula is C9H6N2OS. The van der Waals surface area contributed by atoms with Crippen molar-refractivity contribution >= 4 is 17.1 Å². The number of ketones is 1. The molecule has 0 aliphatic heterocycles. The Bertz CT molecular complexity index is 394. The summed E-state index contributed by atoms with van der Waals surface area (Å²) in [6.45, 7) is 1.86. The second kappa shape index (κ2) is 3.84. The van der Waals surface area contributed by atoms with Crippen molar-refractivity contribution in [3.05, 3.63) is 21.9 Å². The van der Waals surface area contributed by atoms with Gasteiger partial charge in [0.25, 0.3) is 0 Å². The average molecular weight is 190 g/mol. The molecular weight excluding hydrogens is 184 g/mol. The fourth-order valence-electron chi connectivity index (χ4n) is 0.849. The Kier molecular flexibility index (Phi) is 2.79. The average Bonchev–Trinajstić information content (AvgIpc) is 2.54. The van der Waals surface area contributed by atoms with Gasteiger partial charge in [0.2, 0.25) is 5.78 Å². The molecule has 1 rings (SSSR count). The van der Waals surface area contributed by atoms with Gasteiger partial charge in [0.05, 0.1) is 17.0 Å². The Labute approximate surface area is 79.8 Å². The number of nitriles is 2. The summed E-state index contributed by atoms with van der Waals surface area (Å²) in [7, 11) is 0. The minimum Gasteiger partial charge on any atom is -0.291 e. The van der Waals surface area contributed by atoms with Crippen LogP contribution in [0.4, 0.5) is 0 Å². The van der Waals surface area contributed by atoms with E-state index in [2.05, 4.69) is 0 Å². The molecule has 1 aromatic rings. The van der Waals surface area contributed by atoms with Gasteiger partial charge in [-0.05, 0) is 23.9 Å². The third-order valence-electron chi connectivity index (χ3n) is 1.49. The summed E-state index contributed by atoms with van der Waals surface area (Å²) >= 11 is 1.26. The first kappa shape index (κ1) is 9.44. The lowest BCUT2D eigenvalue weighted by Crippen LogP contribution is -2.08. The first-order valence-electron chi connectivity index (χ1n) is 3.57. The van der Waals surface area contributed by atoms with Crippen molar-refractivity contribution in [3.63, 3.8) is 0 Å². The maximum atomic E-state index is 11.4. The van der Waals surface area contributed by atoms with Gasteiger partial charge in [-0.3, -0.25) is 4.79 Å². The van der Waals surface area contributed by atoms with Gasteiger partial charge in [-0.25, -0.2) is 0 Å². The highest BCUT2D eigenvalue weighted by atomic mass is 32.1. The van der Waals surface area contributed by atoms with Crippen LogP contribution >= 0.6 is 11.3 Å². The summed E-state index contributed by atoms with van der Waals surface area (Å²) in [5, 5.41) is 18.8. The first-order chi connectivity index (χ1) is 6.19. The van der Waals surface area contributed by atoms with Crippen LogP contribution in [0.2, 0.25) is 0 Å². The SMILES string of the molecule is Cc1csc(C(=O)C(C#N)C#N)c1. The molecule has 4 heteroatoms. The van der Waals surface area contributed by atoms with Crippen LogP contribution in [0.15, 0.2) is 11.4 Å². The molecule has 0 bridgehead atoms. The van der Waals surface area contributed by atoms with Crippen LogP contribution in [0.1, 0.15) is 15.2 Å². The van der Waals surface area contributed by atoms with E-state index < -0.39 is 11.7 Å². The fraction of sp³-hybridized carbons (Fsp3) is 0.222. The van der Waals surface area contributed by atoms with Crippen molar-refractivity contribution in [1.29, 1.82) is 10.5 Å². The highest BCUT2D eigenvalue weighted by Crippen LogP contribution is 2.17. The van der Waals surface area contributed by atoms with Crippen molar-refractivity contribution in [2.45, 2.75) is 6.92 Å². The second-order valence-corrected chi connectivity index (χ2v) is 3.46. The van der Waals surface area contributed by atoms with E-state index in [1.165, 1.54) is 11.3 Å². The van der Waals surface area contributed by atoms with Crippen molar-refractivity contribution in [3.8, 4) is 12.1 Å². The van der Waals surface area contributed by atoms with E-state index in [1.54, 1.807) is 18.2 Å². The Morgan fingerprint density at radius 3 is 2.54 bits per heavy atom. The molecule has 64 valence electrons. The third kappa shape index (κ3) is 1.93. The van der Waals surface area contributed by atoms with E-state index in [-0.39, 0.29) is 0 Å². The lowest BCUT2D eigenvalue weighted by atomic mass is 10.1. The number of carbonyl (C=O) groups excluding carboxylic acids is 1. The van der Waals surface area contributed by atoms with Crippen LogP contribution in [-0.2, 0) is 0 Å². The van der Waals surface area contributed by atoms with E-state index >= 15 is 0 Å². The van der Waals surface area contributed by atoms with Gasteiger partial charge < -0.3 is 0 Å². The van der Waals surface area contributed by atoms with Gasteiger partial charge in [0, 0.05) is 0 Å². The Hall–Kier alpha value is -1.65. The van der Waals surface area contributed by atoms with Crippen molar-refractivity contribution < 1.29 is 4.79 Å². The van der Waals surface area contributed by atoms with E-state index in [9.17, 15) is 4.79 Å². The standard InChI is InChI=1S/C9H6N2OS/c1-6-2-8(13-5-6)9(12)7(3-10)4-11/h2,5,7H,1H3. The summed E-state index contributed by atoms with van der Waals surface area (Å²) in [5.41, 5.74) is 0.975. The van der Waals surface area contributed by atoms with Gasteiger partial charge in [0.1, 0.15) is 0 Å². The predicted octanol–water partition coefficient (Wildman–Crippen LogP) is 1.90. The Balaban J connectivity index is 2.94. The van der Waals surface area contributed by atoms with E-state index in [0.29, 0.717) is 4.88 Å². The minimum absolute atomic E-state index is 0.400. The molecule has 0 amide bonds. The molecule has 13 heavy (non-hydrogen) atoms. The molecule has 0 unspecified atom stereocenters. The van der Waals surface area contributed by atoms with Crippen LogP contribution in [0, 0.1) is 35.5 Å². The molecule has 1 heterocycles. The Morgan fingerprint density at radius 1 is 1.54 bits per heavy atom. The largest absolute Gasteiger partial charge is 0.291 e. The number of hydrogen-bond donors (Lipinski definition) is 0. The number of hydrogen-bond acceptors (Lipinski definition) is 4. The number of carbonyl (C=O) groups is 1. The van der Waals surface area contributed by atoms with Crippen LogP contribution in [-0.4, -0.2) is 5.78 Å². The van der Waals surface area contributed by atoms with Crippen LogP contribution < -0.4 is 0 Å². The summed E-state index contributed by atoms with van der Waals surface area (Å²) in [6.07, 6.45) is 0. The van der Waals surface area contributed by atoms with E-state index in [4.69, 9.17) is 10.5 Å². The highest BCUT2D eigenvalue weighted by molar-refractivity contribution is 7.12. The topological polar surface area (TPSA) is 64.7 Å². The van der Waals surface area contributed by atoms with Gasteiger partial charge >= 0.3 is 0 Å². The quantitative estimate of drug-likeness (QED) is 0.669. The molecule has 0 radical (unpaired) electrons. The normalized spacial score (nSPS) is 9.23. The molecule has 1 aromatic heterocycles. The van der Waals surface area contributed by atoms with Crippen molar-refractivity contribution in [1.82, 2.24) is 0 Å². The number of Topliss-reactive ketones (excluding diaryl/α,β-unsaturated/α-hetero) is 1. The van der Waals surface area contributed by atoms with Gasteiger partial charge in [-0.1, -0.05) is 0 Å². The van der Waals surface area contributed by atoms with E-state index in [1.807, 2.05) is 12.3 Å². The predicted molar refractivity (Wildman–Crippen MR) is 48.1 cm³/mol. The maximum Gasteiger partial charge on any atom is 0.204 e. The number of rotatable bonds is 2. The lowest BCUT2D eigenvalue weighted by Gasteiger charge is -1.93. The monoisotopic (exact) mass is 190 g/mol. The maximum absolute atomic E-state index is 11.4. The van der Waals surface area contributed by atoms with Crippen LogP contribution in [0.5, 0.6) is 0 Å². The fourth-order valence-corrected chi connectivity index (χ4v) is 1.72. The van der Waals surface area contributed by atoms with Gasteiger partial charge in [0.15, 0.2) is 5.92 Å². The number of thiophene rings is 1. The molecule has 0 saturated carbocycles. The number of nitrogens with zero attached hydrogens (tertiary/aromatic N) is 2. The highest BCUT2D eigenvalue weighted by Gasteiger charge is 2.19. The summed E-state index contributed by atoms with van der Waals surface area (Å²) in [4.78, 5) is 11.9. The molecule has 0 atom stereocenters. The molecule has 0 spiro atoms. The lowest BCUT2D eigenvalue weighted by molar-refractivity contribution is 0.0975. The molecule has 0 saturated heterocycles. The molecule has 0 aliphatic carbocycles. The smallest absolute Gasteiger partial charge is 0.204 e. The van der Waals surface area contributed by atoms with Crippen molar-refractivity contribution in [2.24, 2.45) is 5.92 Å². The zero-order chi connectivity index (χ0) is 9.84. The molecule has 0 fully saturated rings. The summed E-state index contributed by atoms with van der Waals surface area (Å²) in [5.74, 6) is -1.57. The van der Waals surface area contributed by atoms with Crippen molar-refractivity contribution in [2.75, 3.05) is 0 Å². The summed E-state index contributed by atoms with van der Waals surface area (Å²) < 4.78 is 0. The third-order valence-corrected chi connectivity index (χ3v) is 2.56. The second-order valence-electron chi connectivity index (χ2n) is 2.54. The van der Waals surface area contributed by atoms with E-state index in [0.717, 1.165) is 5.56 Å². The van der Waals surface area contributed by atoms with Gasteiger partial charge in [-0.2, -0.15) is 10.5 Å². The molecule has 0 aromatic carbocycles. The molecule has 0 N–H and O–H groups in total. The van der Waals surface area contributed by atoms with Crippen LogP contribution in [0.3, 0.4) is 0 Å².